The van der Waals surface area contributed by atoms with Gasteiger partial charge in [0.25, 0.3) is 5.91 Å². The molecule has 152 valence electrons. The molecule has 1 heterocycles. The van der Waals surface area contributed by atoms with Gasteiger partial charge in [-0.15, -0.1) is 0 Å². The number of anilines is 1. The maximum atomic E-state index is 12.6. The summed E-state index contributed by atoms with van der Waals surface area (Å²) in [6.07, 6.45) is 1.76. The fourth-order valence-corrected chi connectivity index (χ4v) is 3.51. The van der Waals surface area contributed by atoms with E-state index in [1.165, 1.54) is 12.1 Å². The van der Waals surface area contributed by atoms with Crippen LogP contribution in [0.25, 0.3) is 11.6 Å². The van der Waals surface area contributed by atoms with Crippen LogP contribution in [0.5, 0.6) is 5.75 Å². The number of phenols is 1. The van der Waals surface area contributed by atoms with Crippen LogP contribution in [0, 0.1) is 0 Å². The van der Waals surface area contributed by atoms with Gasteiger partial charge in [0, 0.05) is 28.0 Å². The summed E-state index contributed by atoms with van der Waals surface area (Å²) in [7, 11) is 0. The molecule has 0 bridgehead atoms. The quantitative estimate of drug-likeness (QED) is 0.614. The van der Waals surface area contributed by atoms with E-state index in [1.807, 2.05) is 53.7 Å². The molecule has 29 heavy (non-hydrogen) atoms. The van der Waals surface area contributed by atoms with Crippen molar-refractivity contribution < 1.29 is 19.8 Å². The van der Waals surface area contributed by atoms with Crippen molar-refractivity contribution in [3.05, 3.63) is 58.1 Å². The zero-order chi connectivity index (χ0) is 21.7. The van der Waals surface area contributed by atoms with Gasteiger partial charge in [0.05, 0.1) is 5.56 Å². The molecule has 0 fully saturated rings. The first-order chi connectivity index (χ1) is 13.3. The number of rotatable bonds is 2. The molecule has 0 aromatic heterocycles. The number of hydrogen-bond acceptors (Lipinski definition) is 3. The number of aromatic carboxylic acids is 1. The SMILES string of the molecule is CC(C)(C)c1cc(C=C2C(=O)Nc3ccc(C(=O)O)cc32)cc(C(C)(C)C)c1O. The zero-order valence-corrected chi connectivity index (χ0v) is 17.7. The van der Waals surface area contributed by atoms with E-state index < -0.39 is 5.97 Å². The Balaban J connectivity index is 2.23. The lowest BCUT2D eigenvalue weighted by molar-refractivity contribution is -0.110. The van der Waals surface area contributed by atoms with Gasteiger partial charge in [-0.05, 0) is 52.8 Å². The monoisotopic (exact) mass is 393 g/mol. The number of hydrogen-bond donors (Lipinski definition) is 3. The van der Waals surface area contributed by atoms with E-state index in [-0.39, 0.29) is 28.1 Å². The number of carbonyl (C=O) groups excluding carboxylic acids is 1. The number of aromatic hydroxyl groups is 1. The maximum absolute atomic E-state index is 12.6. The Labute approximate surface area is 171 Å². The van der Waals surface area contributed by atoms with Crippen molar-refractivity contribution in [2.24, 2.45) is 0 Å². The first-order valence-corrected chi connectivity index (χ1v) is 9.58. The Bertz CT molecular complexity index is 1010. The van der Waals surface area contributed by atoms with Crippen LogP contribution < -0.4 is 5.32 Å². The molecule has 1 aliphatic heterocycles. The summed E-state index contributed by atoms with van der Waals surface area (Å²) in [6, 6.07) is 8.38. The highest BCUT2D eigenvalue weighted by atomic mass is 16.4. The molecule has 0 atom stereocenters. The van der Waals surface area contributed by atoms with Crippen molar-refractivity contribution in [3.63, 3.8) is 0 Å². The zero-order valence-electron chi connectivity index (χ0n) is 17.7. The average molecular weight is 393 g/mol. The highest BCUT2D eigenvalue weighted by Crippen LogP contribution is 2.41. The van der Waals surface area contributed by atoms with E-state index in [4.69, 9.17) is 0 Å². The predicted octanol–water partition coefficient (Wildman–Crippen LogP) is 5.18. The Morgan fingerprint density at radius 3 is 2.00 bits per heavy atom. The third-order valence-corrected chi connectivity index (χ3v) is 5.11. The van der Waals surface area contributed by atoms with E-state index in [2.05, 4.69) is 5.32 Å². The molecule has 3 rings (SSSR count). The minimum Gasteiger partial charge on any atom is -0.507 e. The summed E-state index contributed by atoms with van der Waals surface area (Å²) in [5.41, 5.74) is 3.52. The summed E-state index contributed by atoms with van der Waals surface area (Å²) in [6.45, 7) is 12.2. The van der Waals surface area contributed by atoms with Crippen LogP contribution in [0.2, 0.25) is 0 Å². The van der Waals surface area contributed by atoms with Crippen LogP contribution in [-0.4, -0.2) is 22.1 Å². The molecule has 0 aliphatic carbocycles. The number of fused-ring (bicyclic) bond motifs is 1. The lowest BCUT2D eigenvalue weighted by Gasteiger charge is -2.28. The lowest BCUT2D eigenvalue weighted by atomic mass is 9.78. The maximum Gasteiger partial charge on any atom is 0.335 e. The van der Waals surface area contributed by atoms with Crippen molar-refractivity contribution in [3.8, 4) is 5.75 Å². The Hall–Kier alpha value is -3.08. The van der Waals surface area contributed by atoms with Crippen molar-refractivity contribution in [2.45, 2.75) is 52.4 Å². The number of benzene rings is 2. The van der Waals surface area contributed by atoms with E-state index in [9.17, 15) is 19.8 Å². The molecular weight excluding hydrogens is 366 g/mol. The second-order valence-corrected chi connectivity index (χ2v) is 9.54. The molecule has 5 nitrogen and oxygen atoms in total. The molecule has 1 amide bonds. The van der Waals surface area contributed by atoms with E-state index >= 15 is 0 Å². The van der Waals surface area contributed by atoms with Gasteiger partial charge in [0.2, 0.25) is 0 Å². The summed E-state index contributed by atoms with van der Waals surface area (Å²) in [5.74, 6) is -1.04. The third kappa shape index (κ3) is 3.90. The number of carbonyl (C=O) groups is 2. The highest BCUT2D eigenvalue weighted by Gasteiger charge is 2.28. The molecular formula is C24H27NO4. The standard InChI is InChI=1S/C24H27NO4/c1-23(2,3)17-10-13(11-18(20(17)26)24(4,5)6)9-16-15-12-14(22(28)29)7-8-19(15)25-21(16)27/h7-12,26H,1-6H3,(H,25,27)(H,28,29). The van der Waals surface area contributed by atoms with E-state index in [0.717, 1.165) is 16.7 Å². The second-order valence-electron chi connectivity index (χ2n) is 9.54. The molecule has 1 aliphatic rings. The number of nitrogens with one attached hydrogen (secondary N) is 1. The molecule has 5 heteroatoms. The Kier molecular flexibility index (Phi) is 4.81. The van der Waals surface area contributed by atoms with Crippen LogP contribution in [0.15, 0.2) is 30.3 Å². The molecule has 0 unspecified atom stereocenters. The molecule has 2 aromatic carbocycles. The number of carboxylic acids is 1. The van der Waals surface area contributed by atoms with Crippen molar-refractivity contribution in [1.82, 2.24) is 0 Å². The lowest BCUT2D eigenvalue weighted by Crippen LogP contribution is -2.17. The van der Waals surface area contributed by atoms with Crippen LogP contribution >= 0.6 is 0 Å². The average Bonchev–Trinajstić information content (AvgIpc) is 2.89. The van der Waals surface area contributed by atoms with E-state index in [0.29, 0.717) is 16.8 Å². The molecule has 0 saturated heterocycles. The molecule has 0 spiro atoms. The van der Waals surface area contributed by atoms with Crippen molar-refractivity contribution >= 4 is 29.2 Å². The first kappa shape index (κ1) is 20.6. The third-order valence-electron chi connectivity index (χ3n) is 5.11. The van der Waals surface area contributed by atoms with Crippen LogP contribution in [0.4, 0.5) is 5.69 Å². The fraction of sp³-hybridized carbons (Fsp3) is 0.333. The van der Waals surface area contributed by atoms with Crippen LogP contribution in [0.3, 0.4) is 0 Å². The summed E-state index contributed by atoms with van der Waals surface area (Å²) >= 11 is 0. The topological polar surface area (TPSA) is 86.6 Å². The Morgan fingerprint density at radius 1 is 0.966 bits per heavy atom. The number of amides is 1. The summed E-state index contributed by atoms with van der Waals surface area (Å²) < 4.78 is 0. The second kappa shape index (κ2) is 6.76. The normalized spacial score (nSPS) is 15.4. The number of phenolic OH excluding ortho intramolecular Hbond substituents is 1. The van der Waals surface area contributed by atoms with Crippen molar-refractivity contribution in [2.75, 3.05) is 5.32 Å². The van der Waals surface area contributed by atoms with Gasteiger partial charge in [-0.1, -0.05) is 41.5 Å². The first-order valence-electron chi connectivity index (χ1n) is 9.58. The fourth-order valence-electron chi connectivity index (χ4n) is 3.51. The van der Waals surface area contributed by atoms with Gasteiger partial charge >= 0.3 is 5.97 Å². The molecule has 0 radical (unpaired) electrons. The smallest absolute Gasteiger partial charge is 0.335 e. The predicted molar refractivity (Wildman–Crippen MR) is 115 cm³/mol. The van der Waals surface area contributed by atoms with Crippen LogP contribution in [0.1, 0.15) is 74.2 Å². The largest absolute Gasteiger partial charge is 0.507 e. The van der Waals surface area contributed by atoms with Gasteiger partial charge in [-0.2, -0.15) is 0 Å². The van der Waals surface area contributed by atoms with Gasteiger partial charge < -0.3 is 15.5 Å². The molecule has 2 aromatic rings. The summed E-state index contributed by atoms with van der Waals surface area (Å²) in [5, 5.41) is 23.0. The summed E-state index contributed by atoms with van der Waals surface area (Å²) in [4.78, 5) is 23.9. The minimum atomic E-state index is -1.04. The highest BCUT2D eigenvalue weighted by molar-refractivity contribution is 6.35. The molecule has 3 N–H and O–H groups in total. The van der Waals surface area contributed by atoms with E-state index in [1.54, 1.807) is 12.1 Å². The van der Waals surface area contributed by atoms with Gasteiger partial charge in [-0.3, -0.25) is 4.79 Å². The van der Waals surface area contributed by atoms with Crippen molar-refractivity contribution in [1.29, 1.82) is 0 Å². The van der Waals surface area contributed by atoms with Crippen LogP contribution in [-0.2, 0) is 15.6 Å². The van der Waals surface area contributed by atoms with Gasteiger partial charge in [-0.25, -0.2) is 4.79 Å². The van der Waals surface area contributed by atoms with Gasteiger partial charge in [0.1, 0.15) is 5.75 Å². The number of carboxylic acid groups (broad SMARTS) is 1. The molecule has 0 saturated carbocycles. The van der Waals surface area contributed by atoms with Gasteiger partial charge in [0.15, 0.2) is 0 Å². The Morgan fingerprint density at radius 2 is 1.52 bits per heavy atom. The minimum absolute atomic E-state index is 0.127.